The fraction of sp³-hybridized carbons (Fsp3) is 0.579. The molecule has 3 heterocycles. The van der Waals surface area contributed by atoms with Crippen molar-refractivity contribution in [1.82, 2.24) is 9.80 Å². The Kier molecular flexibility index (Phi) is 4.58. The molecule has 0 bridgehead atoms. The van der Waals surface area contributed by atoms with Crippen LogP contribution in [0.3, 0.4) is 0 Å². The maximum Gasteiger partial charge on any atom is 0.312 e. The summed E-state index contributed by atoms with van der Waals surface area (Å²) in [5.41, 5.74) is -0.0762. The SMILES string of the molecule is O=C(CN1CCOCC1)N1C[C@H]2COc3ccccc3C[C@@]2(C(=O)O)C1. The van der Waals surface area contributed by atoms with E-state index in [1.54, 1.807) is 4.90 Å². The van der Waals surface area contributed by atoms with Crippen molar-refractivity contribution in [3.8, 4) is 5.75 Å². The molecule has 26 heavy (non-hydrogen) atoms. The van der Waals surface area contributed by atoms with Gasteiger partial charge in [0.15, 0.2) is 0 Å². The zero-order valence-electron chi connectivity index (χ0n) is 14.7. The highest BCUT2D eigenvalue weighted by Crippen LogP contribution is 2.44. The van der Waals surface area contributed by atoms with Gasteiger partial charge in [-0.25, -0.2) is 0 Å². The van der Waals surface area contributed by atoms with Crippen LogP contribution >= 0.6 is 0 Å². The minimum Gasteiger partial charge on any atom is -0.493 e. The van der Waals surface area contributed by atoms with Gasteiger partial charge in [0, 0.05) is 32.1 Å². The van der Waals surface area contributed by atoms with Crippen LogP contribution in [0.15, 0.2) is 24.3 Å². The summed E-state index contributed by atoms with van der Waals surface area (Å²) in [7, 11) is 0. The predicted octanol–water partition coefficient (Wildman–Crippen LogP) is 0.483. The number of likely N-dealkylation sites (tertiary alicyclic amines) is 1. The number of carboxylic acids is 1. The van der Waals surface area contributed by atoms with Crippen LogP contribution in [0.5, 0.6) is 5.75 Å². The largest absolute Gasteiger partial charge is 0.493 e. The first-order chi connectivity index (χ1) is 12.6. The van der Waals surface area contributed by atoms with E-state index >= 15 is 0 Å². The Morgan fingerprint density at radius 1 is 1.23 bits per heavy atom. The summed E-state index contributed by atoms with van der Waals surface area (Å²) < 4.78 is 11.2. The lowest BCUT2D eigenvalue weighted by Crippen LogP contribution is -2.45. The van der Waals surface area contributed by atoms with E-state index in [9.17, 15) is 14.7 Å². The zero-order valence-corrected chi connectivity index (χ0v) is 14.7. The smallest absolute Gasteiger partial charge is 0.312 e. The molecule has 0 aliphatic carbocycles. The summed E-state index contributed by atoms with van der Waals surface area (Å²) >= 11 is 0. The second-order valence-corrected chi connectivity index (χ2v) is 7.42. The molecule has 1 N–H and O–H groups in total. The second kappa shape index (κ2) is 6.89. The van der Waals surface area contributed by atoms with Crippen molar-refractivity contribution in [2.24, 2.45) is 11.3 Å². The third kappa shape index (κ3) is 3.05. The van der Waals surface area contributed by atoms with Crippen molar-refractivity contribution >= 4 is 11.9 Å². The minimum absolute atomic E-state index is 0.00566. The number of hydrogen-bond acceptors (Lipinski definition) is 5. The highest BCUT2D eigenvalue weighted by atomic mass is 16.5. The Morgan fingerprint density at radius 3 is 2.77 bits per heavy atom. The number of nitrogens with zero attached hydrogens (tertiary/aromatic N) is 2. The number of morpholine rings is 1. The molecule has 1 amide bonds. The molecule has 0 unspecified atom stereocenters. The molecule has 7 heteroatoms. The molecule has 2 saturated heterocycles. The lowest BCUT2D eigenvalue weighted by atomic mass is 9.74. The van der Waals surface area contributed by atoms with Gasteiger partial charge in [0.25, 0.3) is 0 Å². The van der Waals surface area contributed by atoms with Crippen molar-refractivity contribution in [3.05, 3.63) is 29.8 Å². The number of hydrogen-bond donors (Lipinski definition) is 1. The van der Waals surface area contributed by atoms with Gasteiger partial charge in [0.1, 0.15) is 5.75 Å². The maximum atomic E-state index is 12.8. The van der Waals surface area contributed by atoms with Gasteiger partial charge >= 0.3 is 5.97 Å². The summed E-state index contributed by atoms with van der Waals surface area (Å²) in [5, 5.41) is 10.1. The Labute approximate surface area is 152 Å². The fourth-order valence-electron chi connectivity index (χ4n) is 4.27. The number of rotatable bonds is 3. The summed E-state index contributed by atoms with van der Waals surface area (Å²) in [5.74, 6) is -0.298. The molecule has 0 aromatic heterocycles. The van der Waals surface area contributed by atoms with Crippen LogP contribution < -0.4 is 4.74 Å². The van der Waals surface area contributed by atoms with Crippen LogP contribution in [0.25, 0.3) is 0 Å². The number of benzene rings is 1. The molecule has 0 radical (unpaired) electrons. The number of aliphatic carboxylic acids is 1. The number of amides is 1. The van der Waals surface area contributed by atoms with E-state index in [2.05, 4.69) is 4.90 Å². The Balaban J connectivity index is 1.53. The lowest BCUT2D eigenvalue weighted by molar-refractivity contribution is -0.151. The van der Waals surface area contributed by atoms with E-state index in [1.165, 1.54) is 0 Å². The first-order valence-electron chi connectivity index (χ1n) is 9.10. The van der Waals surface area contributed by atoms with Gasteiger partial charge in [0.2, 0.25) is 5.91 Å². The number of fused-ring (bicyclic) bond motifs is 2. The van der Waals surface area contributed by atoms with E-state index in [0.717, 1.165) is 24.4 Å². The van der Waals surface area contributed by atoms with Crippen LogP contribution in [-0.4, -0.2) is 79.3 Å². The van der Waals surface area contributed by atoms with Gasteiger partial charge < -0.3 is 19.5 Å². The van der Waals surface area contributed by atoms with Crippen LogP contribution in [-0.2, 0) is 20.7 Å². The number of carbonyl (C=O) groups is 2. The molecule has 1 aromatic carbocycles. The number of carbonyl (C=O) groups excluding carboxylic acids is 1. The monoisotopic (exact) mass is 360 g/mol. The summed E-state index contributed by atoms with van der Waals surface area (Å²) in [6.45, 7) is 4.08. The molecule has 7 nitrogen and oxygen atoms in total. The first-order valence-corrected chi connectivity index (χ1v) is 9.10. The quantitative estimate of drug-likeness (QED) is 0.845. The fourth-order valence-corrected chi connectivity index (χ4v) is 4.27. The van der Waals surface area contributed by atoms with Gasteiger partial charge in [-0.1, -0.05) is 18.2 Å². The molecule has 0 saturated carbocycles. The van der Waals surface area contributed by atoms with E-state index in [0.29, 0.717) is 39.3 Å². The van der Waals surface area contributed by atoms with Gasteiger partial charge in [-0.2, -0.15) is 0 Å². The maximum absolute atomic E-state index is 12.8. The molecular formula is C19H24N2O5. The van der Waals surface area contributed by atoms with Crippen molar-refractivity contribution in [1.29, 1.82) is 0 Å². The van der Waals surface area contributed by atoms with Gasteiger partial charge in [-0.3, -0.25) is 14.5 Å². The van der Waals surface area contributed by atoms with Crippen molar-refractivity contribution in [2.75, 3.05) is 52.5 Å². The van der Waals surface area contributed by atoms with Crippen LogP contribution in [0, 0.1) is 11.3 Å². The Morgan fingerprint density at radius 2 is 2.00 bits per heavy atom. The number of para-hydroxylation sites is 1. The predicted molar refractivity (Wildman–Crippen MR) is 93.0 cm³/mol. The van der Waals surface area contributed by atoms with Crippen LogP contribution in [0.2, 0.25) is 0 Å². The molecular weight excluding hydrogens is 336 g/mol. The van der Waals surface area contributed by atoms with Crippen molar-refractivity contribution in [2.45, 2.75) is 6.42 Å². The summed E-state index contributed by atoms with van der Waals surface area (Å²) in [4.78, 5) is 28.8. The van der Waals surface area contributed by atoms with Crippen molar-refractivity contribution < 1.29 is 24.2 Å². The van der Waals surface area contributed by atoms with Crippen LogP contribution in [0.4, 0.5) is 0 Å². The molecule has 1 aromatic rings. The highest BCUT2D eigenvalue weighted by molar-refractivity contribution is 5.82. The van der Waals surface area contributed by atoms with Gasteiger partial charge in [-0.15, -0.1) is 0 Å². The standard InChI is InChI=1S/C19H24N2O5/c22-17(11-20-5-7-25-8-6-20)21-10-15-12-26-16-4-2-1-3-14(16)9-19(15,13-21)18(23)24/h1-4,15H,5-13H2,(H,23,24)/t15-,19+/m0/s1. The Bertz CT molecular complexity index is 703. The van der Waals surface area contributed by atoms with Gasteiger partial charge in [0.05, 0.1) is 31.8 Å². The molecule has 3 aliphatic rings. The van der Waals surface area contributed by atoms with E-state index in [1.807, 2.05) is 24.3 Å². The molecule has 3 aliphatic heterocycles. The summed E-state index contributed by atoms with van der Waals surface area (Å²) in [6, 6.07) is 7.59. The first kappa shape index (κ1) is 17.3. The lowest BCUT2D eigenvalue weighted by Gasteiger charge is -2.29. The third-order valence-electron chi connectivity index (χ3n) is 5.85. The second-order valence-electron chi connectivity index (χ2n) is 7.42. The topological polar surface area (TPSA) is 79.3 Å². The molecule has 2 atom stereocenters. The van der Waals surface area contributed by atoms with Crippen molar-refractivity contribution in [3.63, 3.8) is 0 Å². The van der Waals surface area contributed by atoms with Gasteiger partial charge in [-0.05, 0) is 18.1 Å². The van der Waals surface area contributed by atoms with E-state index in [4.69, 9.17) is 9.47 Å². The highest BCUT2D eigenvalue weighted by Gasteiger charge is 2.55. The minimum atomic E-state index is -0.979. The molecule has 4 rings (SSSR count). The number of carboxylic acid groups (broad SMARTS) is 1. The van der Waals surface area contributed by atoms with E-state index < -0.39 is 11.4 Å². The molecule has 0 spiro atoms. The normalized spacial score (nSPS) is 28.6. The molecule has 140 valence electrons. The number of ether oxygens (including phenoxy) is 2. The van der Waals surface area contributed by atoms with E-state index in [-0.39, 0.29) is 18.4 Å². The van der Waals surface area contributed by atoms with Crippen LogP contribution in [0.1, 0.15) is 5.56 Å². The summed E-state index contributed by atoms with van der Waals surface area (Å²) in [6.07, 6.45) is 0.393. The average Bonchev–Trinajstić information content (AvgIpc) is 2.94. The average molecular weight is 360 g/mol. The third-order valence-corrected chi connectivity index (χ3v) is 5.85. The molecule has 2 fully saturated rings. The Hall–Kier alpha value is -2.12. The zero-order chi connectivity index (χ0) is 18.1.